The van der Waals surface area contributed by atoms with Crippen molar-refractivity contribution in [2.24, 2.45) is 0 Å². The minimum absolute atomic E-state index is 0.0628. The summed E-state index contributed by atoms with van der Waals surface area (Å²) >= 11 is 3.01. The van der Waals surface area contributed by atoms with Crippen molar-refractivity contribution in [3.8, 4) is 0 Å². The molecule has 164 valence electrons. The lowest BCUT2D eigenvalue weighted by Gasteiger charge is -2.18. The van der Waals surface area contributed by atoms with E-state index in [0.717, 1.165) is 31.8 Å². The minimum atomic E-state index is -1.20. The normalized spacial score (nSPS) is 14.4. The van der Waals surface area contributed by atoms with Crippen molar-refractivity contribution in [3.63, 3.8) is 0 Å². The van der Waals surface area contributed by atoms with E-state index in [1.54, 1.807) is 0 Å². The maximum absolute atomic E-state index is 14.4. The number of H-pyrrole nitrogens is 1. The SMILES string of the molecule is N=C(c1cc(F)c(F)c2nc(NCCN3CCCC3)[nH]c12)N(O)c1ccc(F)c(Br)c1. The second-order valence-electron chi connectivity index (χ2n) is 7.26. The van der Waals surface area contributed by atoms with Crippen LogP contribution < -0.4 is 10.4 Å². The molecule has 0 spiro atoms. The van der Waals surface area contributed by atoms with Gasteiger partial charge in [0.2, 0.25) is 5.95 Å². The fourth-order valence-corrected chi connectivity index (χ4v) is 3.94. The number of amidine groups is 1. The number of hydrogen-bond donors (Lipinski definition) is 4. The standard InChI is InChI=1S/C20H20BrF3N6O/c21-13-9-11(3-4-14(13)22)30(31)19(25)12-10-15(23)16(24)18-17(12)27-20(28-18)26-5-8-29-6-1-2-7-29/h3-4,9-10,25,31H,1-2,5-8H2,(H2,26,27,28). The Morgan fingerprint density at radius 3 is 2.68 bits per heavy atom. The van der Waals surface area contributed by atoms with Gasteiger partial charge in [-0.1, -0.05) is 0 Å². The van der Waals surface area contributed by atoms with Gasteiger partial charge < -0.3 is 15.2 Å². The Bertz CT molecular complexity index is 1130. The summed E-state index contributed by atoms with van der Waals surface area (Å²) in [6, 6.07) is 4.44. The molecule has 0 radical (unpaired) electrons. The molecule has 0 unspecified atom stereocenters. The predicted octanol–water partition coefficient (Wildman–Crippen LogP) is 4.47. The summed E-state index contributed by atoms with van der Waals surface area (Å²) in [5.41, 5.74) is -0.249. The van der Waals surface area contributed by atoms with Crippen molar-refractivity contribution in [1.82, 2.24) is 14.9 Å². The van der Waals surface area contributed by atoms with Crippen LogP contribution in [0.4, 0.5) is 24.8 Å². The fraction of sp³-hybridized carbons (Fsp3) is 0.300. The van der Waals surface area contributed by atoms with Crippen LogP contribution in [0.3, 0.4) is 0 Å². The smallest absolute Gasteiger partial charge is 0.201 e. The average Bonchev–Trinajstić information content (AvgIpc) is 3.42. The molecule has 1 aliphatic rings. The molecule has 2 aromatic carbocycles. The lowest BCUT2D eigenvalue weighted by molar-refractivity contribution is 0.311. The summed E-state index contributed by atoms with van der Waals surface area (Å²) < 4.78 is 42.1. The van der Waals surface area contributed by atoms with E-state index >= 15 is 0 Å². The molecule has 0 saturated carbocycles. The fourth-order valence-electron chi connectivity index (χ4n) is 3.57. The number of rotatable bonds is 6. The number of fused-ring (bicyclic) bond motifs is 1. The Morgan fingerprint density at radius 2 is 1.97 bits per heavy atom. The Labute approximate surface area is 184 Å². The number of aromatic nitrogens is 2. The molecule has 0 atom stereocenters. The number of nitrogens with one attached hydrogen (secondary N) is 3. The van der Waals surface area contributed by atoms with Crippen molar-refractivity contribution >= 4 is 44.4 Å². The number of halogens is 4. The van der Waals surface area contributed by atoms with Gasteiger partial charge in [-0.2, -0.15) is 0 Å². The first-order valence-corrected chi connectivity index (χ1v) is 10.5. The quantitative estimate of drug-likeness (QED) is 0.229. The Kier molecular flexibility index (Phi) is 6.17. The lowest BCUT2D eigenvalue weighted by Crippen LogP contribution is -2.27. The molecule has 7 nitrogen and oxygen atoms in total. The average molecular weight is 497 g/mol. The summed E-state index contributed by atoms with van der Waals surface area (Å²) in [5, 5.41) is 22.3. The zero-order valence-electron chi connectivity index (χ0n) is 16.4. The molecule has 31 heavy (non-hydrogen) atoms. The van der Waals surface area contributed by atoms with Crippen molar-refractivity contribution in [1.29, 1.82) is 5.41 Å². The van der Waals surface area contributed by atoms with Gasteiger partial charge in [0.15, 0.2) is 17.5 Å². The summed E-state index contributed by atoms with van der Waals surface area (Å²) in [5.74, 6) is -3.19. The molecule has 3 aromatic rings. The maximum Gasteiger partial charge on any atom is 0.201 e. The number of hydrogen-bond acceptors (Lipinski definition) is 5. The molecular formula is C20H20BrF3N6O. The highest BCUT2D eigenvalue weighted by molar-refractivity contribution is 9.10. The van der Waals surface area contributed by atoms with Gasteiger partial charge in [-0.15, -0.1) is 0 Å². The van der Waals surface area contributed by atoms with Gasteiger partial charge in [-0.25, -0.2) is 23.2 Å². The highest BCUT2D eigenvalue weighted by Crippen LogP contribution is 2.28. The third-order valence-corrected chi connectivity index (χ3v) is 5.80. The number of benzene rings is 2. The monoisotopic (exact) mass is 496 g/mol. The topological polar surface area (TPSA) is 91.3 Å². The van der Waals surface area contributed by atoms with Crippen LogP contribution in [-0.2, 0) is 0 Å². The first kappa shape index (κ1) is 21.6. The Hall–Kier alpha value is -2.63. The molecule has 1 fully saturated rings. The van der Waals surface area contributed by atoms with Crippen molar-refractivity contribution in [2.45, 2.75) is 12.8 Å². The van der Waals surface area contributed by atoms with Gasteiger partial charge in [0.1, 0.15) is 11.3 Å². The first-order chi connectivity index (χ1) is 14.8. The molecular weight excluding hydrogens is 477 g/mol. The second-order valence-corrected chi connectivity index (χ2v) is 8.12. The van der Waals surface area contributed by atoms with E-state index in [2.05, 4.69) is 36.1 Å². The van der Waals surface area contributed by atoms with Crippen LogP contribution in [-0.4, -0.2) is 52.1 Å². The van der Waals surface area contributed by atoms with Gasteiger partial charge in [0.25, 0.3) is 0 Å². The minimum Gasteiger partial charge on any atom is -0.355 e. The van der Waals surface area contributed by atoms with E-state index < -0.39 is 23.3 Å². The zero-order valence-corrected chi connectivity index (χ0v) is 17.9. The summed E-state index contributed by atoms with van der Waals surface area (Å²) in [7, 11) is 0. The van der Waals surface area contributed by atoms with Gasteiger partial charge in [-0.05, 0) is 66.1 Å². The van der Waals surface area contributed by atoms with Gasteiger partial charge in [-0.3, -0.25) is 10.6 Å². The van der Waals surface area contributed by atoms with Crippen molar-refractivity contribution in [3.05, 3.63) is 51.8 Å². The van der Waals surface area contributed by atoms with Gasteiger partial charge >= 0.3 is 0 Å². The highest BCUT2D eigenvalue weighted by Gasteiger charge is 2.23. The molecule has 0 aliphatic carbocycles. The maximum atomic E-state index is 14.4. The molecule has 1 aliphatic heterocycles. The van der Waals surface area contributed by atoms with Crippen molar-refractivity contribution < 1.29 is 18.4 Å². The lowest BCUT2D eigenvalue weighted by atomic mass is 10.1. The molecule has 0 bridgehead atoms. The van der Waals surface area contributed by atoms with Crippen LogP contribution in [0.25, 0.3) is 11.0 Å². The summed E-state index contributed by atoms with van der Waals surface area (Å²) in [6.45, 7) is 3.43. The van der Waals surface area contributed by atoms with E-state index in [0.29, 0.717) is 11.6 Å². The predicted molar refractivity (Wildman–Crippen MR) is 115 cm³/mol. The largest absolute Gasteiger partial charge is 0.355 e. The van der Waals surface area contributed by atoms with Crippen molar-refractivity contribution in [2.75, 3.05) is 36.6 Å². The molecule has 11 heteroatoms. The van der Waals surface area contributed by atoms with Crippen LogP contribution in [0.5, 0.6) is 0 Å². The molecule has 4 rings (SSSR count). The molecule has 1 aromatic heterocycles. The van der Waals surface area contributed by atoms with Crippen LogP contribution in [0.15, 0.2) is 28.7 Å². The Morgan fingerprint density at radius 1 is 1.23 bits per heavy atom. The molecule has 1 saturated heterocycles. The highest BCUT2D eigenvalue weighted by atomic mass is 79.9. The number of aromatic amines is 1. The summed E-state index contributed by atoms with van der Waals surface area (Å²) in [4.78, 5) is 9.25. The number of nitrogens with zero attached hydrogens (tertiary/aromatic N) is 3. The van der Waals surface area contributed by atoms with E-state index in [1.807, 2.05) is 0 Å². The third-order valence-electron chi connectivity index (χ3n) is 5.20. The van der Waals surface area contributed by atoms with Crippen LogP contribution >= 0.6 is 15.9 Å². The van der Waals surface area contributed by atoms with Crippen LogP contribution in [0.2, 0.25) is 0 Å². The van der Waals surface area contributed by atoms with Gasteiger partial charge in [0.05, 0.1) is 15.7 Å². The second kappa shape index (κ2) is 8.85. The molecule has 0 amide bonds. The van der Waals surface area contributed by atoms with E-state index in [9.17, 15) is 18.4 Å². The number of imidazole rings is 1. The van der Waals surface area contributed by atoms with E-state index in [-0.39, 0.29) is 32.7 Å². The molecule has 2 heterocycles. The van der Waals surface area contributed by atoms with E-state index in [4.69, 9.17) is 5.41 Å². The van der Waals surface area contributed by atoms with Crippen LogP contribution in [0, 0.1) is 22.9 Å². The summed E-state index contributed by atoms with van der Waals surface area (Å²) in [6.07, 6.45) is 2.34. The first-order valence-electron chi connectivity index (χ1n) is 9.72. The van der Waals surface area contributed by atoms with Gasteiger partial charge in [0, 0.05) is 18.7 Å². The third kappa shape index (κ3) is 4.39. The van der Waals surface area contributed by atoms with E-state index in [1.165, 1.54) is 25.0 Å². The number of likely N-dealkylation sites (tertiary alicyclic amines) is 1. The Balaban J connectivity index is 1.61. The number of hydroxylamine groups is 1. The number of anilines is 2. The van der Waals surface area contributed by atoms with Crippen LogP contribution in [0.1, 0.15) is 18.4 Å². The molecule has 4 N–H and O–H groups in total. The zero-order chi connectivity index (χ0) is 22.1.